The minimum atomic E-state index is -0.0571. The summed E-state index contributed by atoms with van der Waals surface area (Å²) in [5.74, 6) is 0. The lowest BCUT2D eigenvalue weighted by atomic mass is 9.84. The van der Waals surface area contributed by atoms with Crippen molar-refractivity contribution < 1.29 is 0 Å². The summed E-state index contributed by atoms with van der Waals surface area (Å²) in [6.07, 6.45) is 0.945. The number of rotatable bonds is 5. The van der Waals surface area contributed by atoms with Crippen LogP contribution in [-0.4, -0.2) is 17.3 Å². The van der Waals surface area contributed by atoms with E-state index in [2.05, 4.69) is 73.5 Å². The van der Waals surface area contributed by atoms with Gasteiger partial charge in [0.2, 0.25) is 0 Å². The van der Waals surface area contributed by atoms with Crippen LogP contribution < -0.4 is 5.73 Å². The van der Waals surface area contributed by atoms with Gasteiger partial charge in [-0.15, -0.1) is 0 Å². The summed E-state index contributed by atoms with van der Waals surface area (Å²) >= 11 is 0. The second-order valence-electron chi connectivity index (χ2n) is 6.85. The summed E-state index contributed by atoms with van der Waals surface area (Å²) in [6, 6.07) is 21.5. The molecule has 0 amide bonds. The van der Waals surface area contributed by atoms with Crippen LogP contribution in [0, 0.1) is 5.41 Å². The molecule has 0 fully saturated rings. The number of nitrogens with two attached hydrogens (primary N) is 1. The monoisotopic (exact) mass is 307 g/mol. The van der Waals surface area contributed by atoms with Gasteiger partial charge < -0.3 is 5.73 Å². The molecule has 1 atom stereocenters. The van der Waals surface area contributed by atoms with E-state index in [1.807, 2.05) is 6.07 Å². The van der Waals surface area contributed by atoms with Gasteiger partial charge >= 0.3 is 0 Å². The van der Waals surface area contributed by atoms with Gasteiger partial charge in [-0.05, 0) is 11.1 Å². The van der Waals surface area contributed by atoms with Crippen LogP contribution >= 0.6 is 0 Å². The van der Waals surface area contributed by atoms with Gasteiger partial charge in [0.1, 0.15) is 0 Å². The van der Waals surface area contributed by atoms with E-state index in [-0.39, 0.29) is 11.5 Å². The predicted molar refractivity (Wildman–Crippen MR) is 96.1 cm³/mol. The molecule has 0 aromatic heterocycles. The van der Waals surface area contributed by atoms with Crippen molar-refractivity contribution in [1.29, 1.82) is 0 Å². The number of hydrogen-bond acceptors (Lipinski definition) is 3. The highest BCUT2D eigenvalue weighted by Gasteiger charge is 2.35. The lowest BCUT2D eigenvalue weighted by Gasteiger charge is -2.24. The zero-order valence-corrected chi connectivity index (χ0v) is 13.9. The first-order chi connectivity index (χ1) is 11.1. The number of benzene rings is 2. The minimum absolute atomic E-state index is 0.0571. The number of hydrogen-bond donors (Lipinski definition) is 1. The maximum Gasteiger partial charge on any atom is 0.0776 e. The topological polar surface area (TPSA) is 41.6 Å². The van der Waals surface area contributed by atoms with Crippen molar-refractivity contribution in [2.75, 3.05) is 6.54 Å². The smallest absolute Gasteiger partial charge is 0.0776 e. The van der Waals surface area contributed by atoms with Crippen LogP contribution in [0.15, 0.2) is 65.8 Å². The van der Waals surface area contributed by atoms with Crippen LogP contribution in [0.2, 0.25) is 0 Å². The standard InChI is InChI=1S/C20H25N3/c1-20(2,15-21)19-13-18(17-11-7-4-8-12-17)23(22-19)14-16-9-5-3-6-10-16/h3-12,18H,13-15,21H2,1-2H3. The Bertz CT molecular complexity index is 662. The Morgan fingerprint density at radius 2 is 1.65 bits per heavy atom. The fourth-order valence-electron chi connectivity index (χ4n) is 2.96. The summed E-state index contributed by atoms with van der Waals surface area (Å²) in [5.41, 5.74) is 9.71. The quantitative estimate of drug-likeness (QED) is 0.908. The van der Waals surface area contributed by atoms with E-state index in [1.54, 1.807) is 0 Å². The molecule has 0 aliphatic carbocycles. The molecule has 3 nitrogen and oxygen atoms in total. The molecule has 1 aliphatic rings. The molecule has 1 unspecified atom stereocenters. The molecule has 1 heterocycles. The van der Waals surface area contributed by atoms with Crippen LogP contribution in [0.4, 0.5) is 0 Å². The molecular weight excluding hydrogens is 282 g/mol. The summed E-state index contributed by atoms with van der Waals surface area (Å²) in [4.78, 5) is 0. The second-order valence-corrected chi connectivity index (χ2v) is 6.85. The highest BCUT2D eigenvalue weighted by Crippen LogP contribution is 2.36. The van der Waals surface area contributed by atoms with E-state index >= 15 is 0 Å². The van der Waals surface area contributed by atoms with Crippen LogP contribution in [0.3, 0.4) is 0 Å². The average molecular weight is 307 g/mol. The largest absolute Gasteiger partial charge is 0.330 e. The molecule has 0 radical (unpaired) electrons. The van der Waals surface area contributed by atoms with Crippen LogP contribution in [0.25, 0.3) is 0 Å². The van der Waals surface area contributed by atoms with Crippen molar-refractivity contribution in [2.24, 2.45) is 16.3 Å². The van der Waals surface area contributed by atoms with Crippen molar-refractivity contribution in [1.82, 2.24) is 5.01 Å². The predicted octanol–water partition coefficient (Wildman–Crippen LogP) is 3.97. The van der Waals surface area contributed by atoms with Crippen molar-refractivity contribution in [3.63, 3.8) is 0 Å². The summed E-state index contributed by atoms with van der Waals surface area (Å²) in [7, 11) is 0. The average Bonchev–Trinajstić information content (AvgIpc) is 3.01. The van der Waals surface area contributed by atoms with Gasteiger partial charge in [-0.25, -0.2) is 0 Å². The van der Waals surface area contributed by atoms with E-state index in [9.17, 15) is 0 Å². The summed E-state index contributed by atoms with van der Waals surface area (Å²) in [6.45, 7) is 5.80. The van der Waals surface area contributed by atoms with Gasteiger partial charge in [0, 0.05) is 24.1 Å². The first kappa shape index (κ1) is 15.8. The molecule has 120 valence electrons. The zero-order chi connectivity index (χ0) is 16.3. The van der Waals surface area contributed by atoms with E-state index in [0.717, 1.165) is 13.0 Å². The first-order valence-corrected chi connectivity index (χ1v) is 8.24. The highest BCUT2D eigenvalue weighted by molar-refractivity contribution is 5.91. The maximum atomic E-state index is 5.97. The van der Waals surface area contributed by atoms with Crippen LogP contribution in [-0.2, 0) is 6.54 Å². The highest BCUT2D eigenvalue weighted by atomic mass is 15.5. The number of nitrogens with zero attached hydrogens (tertiary/aromatic N) is 2. The van der Waals surface area contributed by atoms with Crippen molar-refractivity contribution in [3.8, 4) is 0 Å². The summed E-state index contributed by atoms with van der Waals surface area (Å²) in [5, 5.41) is 7.17. The van der Waals surface area contributed by atoms with Crippen LogP contribution in [0.1, 0.15) is 37.4 Å². The van der Waals surface area contributed by atoms with Gasteiger partial charge in [0.15, 0.2) is 0 Å². The molecule has 23 heavy (non-hydrogen) atoms. The van der Waals surface area contributed by atoms with Gasteiger partial charge in [-0.2, -0.15) is 5.10 Å². The van der Waals surface area contributed by atoms with Gasteiger partial charge in [0.05, 0.1) is 12.6 Å². The SMILES string of the molecule is CC(C)(CN)C1=NN(Cc2ccccc2)C(c2ccccc2)C1. The Labute approximate surface area is 138 Å². The van der Waals surface area contributed by atoms with E-state index < -0.39 is 0 Å². The Balaban J connectivity index is 1.89. The van der Waals surface area contributed by atoms with E-state index in [0.29, 0.717) is 6.54 Å². The first-order valence-electron chi connectivity index (χ1n) is 8.24. The molecule has 0 spiro atoms. The fourth-order valence-corrected chi connectivity index (χ4v) is 2.96. The Kier molecular flexibility index (Phi) is 4.49. The molecule has 0 saturated heterocycles. The van der Waals surface area contributed by atoms with Crippen molar-refractivity contribution >= 4 is 5.71 Å². The van der Waals surface area contributed by atoms with Crippen LogP contribution in [0.5, 0.6) is 0 Å². The molecule has 3 heteroatoms. The third kappa shape index (κ3) is 3.45. The Hall–Kier alpha value is -2.13. The summed E-state index contributed by atoms with van der Waals surface area (Å²) < 4.78 is 0. The lowest BCUT2D eigenvalue weighted by Crippen LogP contribution is -2.31. The molecular formula is C20H25N3. The Morgan fingerprint density at radius 3 is 2.26 bits per heavy atom. The normalized spacial score (nSPS) is 18.1. The molecule has 3 rings (SSSR count). The lowest BCUT2D eigenvalue weighted by molar-refractivity contribution is 0.224. The fraction of sp³-hybridized carbons (Fsp3) is 0.350. The zero-order valence-electron chi connectivity index (χ0n) is 13.9. The van der Waals surface area contributed by atoms with Crippen molar-refractivity contribution in [2.45, 2.75) is 32.9 Å². The van der Waals surface area contributed by atoms with Gasteiger partial charge in [0.25, 0.3) is 0 Å². The molecule has 0 bridgehead atoms. The molecule has 2 aromatic rings. The van der Waals surface area contributed by atoms with Gasteiger partial charge in [-0.1, -0.05) is 74.5 Å². The van der Waals surface area contributed by atoms with Gasteiger partial charge in [-0.3, -0.25) is 5.01 Å². The molecule has 0 saturated carbocycles. The Morgan fingerprint density at radius 1 is 1.04 bits per heavy atom. The third-order valence-corrected chi connectivity index (χ3v) is 4.66. The molecule has 2 aromatic carbocycles. The second kappa shape index (κ2) is 6.55. The molecule has 2 N–H and O–H groups in total. The minimum Gasteiger partial charge on any atom is -0.330 e. The van der Waals surface area contributed by atoms with Crippen molar-refractivity contribution in [3.05, 3.63) is 71.8 Å². The third-order valence-electron chi connectivity index (χ3n) is 4.66. The number of hydrazone groups is 1. The van der Waals surface area contributed by atoms with E-state index in [1.165, 1.54) is 16.8 Å². The van der Waals surface area contributed by atoms with E-state index in [4.69, 9.17) is 10.8 Å². The molecule has 1 aliphatic heterocycles. The maximum absolute atomic E-state index is 5.97.